The molecule has 5 heteroatoms. The summed E-state index contributed by atoms with van der Waals surface area (Å²) >= 11 is 0. The molecular formula is C13H15N5. The maximum absolute atomic E-state index is 4.25. The minimum absolute atomic E-state index is 0.636. The average Bonchev–Trinajstić information content (AvgIpc) is 2.38. The molecule has 92 valence electrons. The Balaban J connectivity index is 2.31. The largest absolute Gasteiger partial charge is 0.369 e. The van der Waals surface area contributed by atoms with E-state index in [2.05, 4.69) is 20.2 Å². The van der Waals surface area contributed by atoms with Crippen molar-refractivity contribution in [2.75, 3.05) is 14.1 Å². The Morgan fingerprint density at radius 1 is 1.28 bits per heavy atom. The van der Waals surface area contributed by atoms with Gasteiger partial charge in [0.2, 0.25) is 0 Å². The lowest BCUT2D eigenvalue weighted by molar-refractivity contribution is 0.642. The van der Waals surface area contributed by atoms with Crippen molar-refractivity contribution >= 4 is 12.2 Å². The van der Waals surface area contributed by atoms with Gasteiger partial charge in [-0.2, -0.15) is 0 Å². The van der Waals surface area contributed by atoms with Crippen molar-refractivity contribution in [3.63, 3.8) is 0 Å². The third-order valence-electron chi connectivity index (χ3n) is 2.33. The summed E-state index contributed by atoms with van der Waals surface area (Å²) in [5.74, 6) is 0.636. The number of nitrogens with zero attached hydrogens (tertiary/aromatic N) is 5. The van der Waals surface area contributed by atoms with Crippen LogP contribution in [0.3, 0.4) is 0 Å². The van der Waals surface area contributed by atoms with E-state index in [9.17, 15) is 0 Å². The molecule has 0 bridgehead atoms. The first-order chi connectivity index (χ1) is 8.66. The summed E-state index contributed by atoms with van der Waals surface area (Å²) in [5, 5.41) is 8.29. The minimum Gasteiger partial charge on any atom is -0.369 e. The molecule has 0 aliphatic heterocycles. The van der Waals surface area contributed by atoms with Gasteiger partial charge in [0.05, 0.1) is 12.0 Å². The van der Waals surface area contributed by atoms with Gasteiger partial charge in [0.1, 0.15) is 0 Å². The van der Waals surface area contributed by atoms with E-state index in [1.54, 1.807) is 18.7 Å². The van der Waals surface area contributed by atoms with E-state index in [0.717, 1.165) is 16.8 Å². The molecule has 0 saturated carbocycles. The molecule has 0 amide bonds. The predicted octanol–water partition coefficient (Wildman–Crippen LogP) is 2.07. The van der Waals surface area contributed by atoms with Gasteiger partial charge < -0.3 is 4.90 Å². The Kier molecular flexibility index (Phi) is 3.62. The van der Waals surface area contributed by atoms with E-state index in [-0.39, 0.29) is 0 Å². The summed E-state index contributed by atoms with van der Waals surface area (Å²) in [6, 6.07) is 5.80. The minimum atomic E-state index is 0.636. The van der Waals surface area contributed by atoms with Gasteiger partial charge in [0.15, 0.2) is 5.82 Å². The zero-order valence-electron chi connectivity index (χ0n) is 10.7. The van der Waals surface area contributed by atoms with Crippen LogP contribution in [-0.2, 0) is 0 Å². The molecule has 0 aliphatic rings. The predicted molar refractivity (Wildman–Crippen MR) is 71.8 cm³/mol. The highest BCUT2D eigenvalue weighted by molar-refractivity contribution is 5.63. The summed E-state index contributed by atoms with van der Waals surface area (Å²) < 4.78 is 0. The van der Waals surface area contributed by atoms with Crippen LogP contribution in [-0.4, -0.2) is 40.5 Å². The van der Waals surface area contributed by atoms with Crippen LogP contribution in [0.2, 0.25) is 0 Å². The SMILES string of the molecule is Cc1cc(-c2cccnc2)nnc1/N=C/N(C)C. The highest BCUT2D eigenvalue weighted by Gasteiger charge is 2.04. The standard InChI is InChI=1S/C13H15N5/c1-10-7-12(11-5-4-6-14-8-11)16-17-13(10)15-9-18(2)3/h4-9H,1-3H3/b15-9+. The zero-order chi connectivity index (χ0) is 13.0. The molecule has 2 heterocycles. The van der Waals surface area contributed by atoms with Gasteiger partial charge >= 0.3 is 0 Å². The molecule has 0 aliphatic carbocycles. The van der Waals surface area contributed by atoms with Crippen molar-refractivity contribution in [3.05, 3.63) is 36.2 Å². The van der Waals surface area contributed by atoms with Gasteiger partial charge in [0.25, 0.3) is 0 Å². The fourth-order valence-electron chi connectivity index (χ4n) is 1.43. The maximum Gasteiger partial charge on any atom is 0.178 e. The second kappa shape index (κ2) is 5.35. The Hall–Kier alpha value is -2.30. The molecule has 2 rings (SSSR count). The third kappa shape index (κ3) is 2.88. The number of rotatable bonds is 3. The van der Waals surface area contributed by atoms with Crippen LogP contribution in [0.4, 0.5) is 5.82 Å². The molecule has 2 aromatic heterocycles. The third-order valence-corrected chi connectivity index (χ3v) is 2.33. The van der Waals surface area contributed by atoms with Gasteiger partial charge in [-0.05, 0) is 30.7 Å². The molecule has 2 aromatic rings. The Bertz CT molecular complexity index is 549. The summed E-state index contributed by atoms with van der Waals surface area (Å²) in [5.41, 5.74) is 2.75. The summed E-state index contributed by atoms with van der Waals surface area (Å²) in [6.45, 7) is 1.97. The average molecular weight is 241 g/mol. The van der Waals surface area contributed by atoms with Crippen LogP contribution in [0.5, 0.6) is 0 Å². The lowest BCUT2D eigenvalue weighted by Gasteiger charge is -2.05. The van der Waals surface area contributed by atoms with Crippen LogP contribution >= 0.6 is 0 Å². The fraction of sp³-hybridized carbons (Fsp3) is 0.231. The number of hydrogen-bond acceptors (Lipinski definition) is 4. The monoisotopic (exact) mass is 241 g/mol. The van der Waals surface area contributed by atoms with Crippen LogP contribution in [0.1, 0.15) is 5.56 Å². The molecule has 0 saturated heterocycles. The van der Waals surface area contributed by atoms with Crippen molar-refractivity contribution in [1.29, 1.82) is 0 Å². The van der Waals surface area contributed by atoms with Crippen molar-refractivity contribution < 1.29 is 0 Å². The molecule has 0 spiro atoms. The number of aliphatic imine (C=N–C) groups is 1. The summed E-state index contributed by atoms with van der Waals surface area (Å²) in [7, 11) is 3.83. The van der Waals surface area contributed by atoms with Crippen LogP contribution in [0.15, 0.2) is 35.6 Å². The van der Waals surface area contributed by atoms with E-state index >= 15 is 0 Å². The first-order valence-electron chi connectivity index (χ1n) is 5.62. The maximum atomic E-state index is 4.25. The highest BCUT2D eigenvalue weighted by atomic mass is 15.2. The van der Waals surface area contributed by atoms with Gasteiger partial charge in [-0.3, -0.25) is 4.98 Å². The number of hydrogen-bond donors (Lipinski definition) is 0. The lowest BCUT2D eigenvalue weighted by atomic mass is 10.1. The van der Waals surface area contributed by atoms with Crippen LogP contribution in [0, 0.1) is 6.92 Å². The van der Waals surface area contributed by atoms with Gasteiger partial charge in [-0.15, -0.1) is 10.2 Å². The molecule has 0 aromatic carbocycles. The molecule has 0 radical (unpaired) electrons. The number of aromatic nitrogens is 3. The molecule has 0 fully saturated rings. The van der Waals surface area contributed by atoms with Crippen molar-refractivity contribution in [2.45, 2.75) is 6.92 Å². The number of aryl methyl sites for hydroxylation is 1. The number of pyridine rings is 1. The van der Waals surface area contributed by atoms with E-state index < -0.39 is 0 Å². The van der Waals surface area contributed by atoms with E-state index in [0.29, 0.717) is 5.82 Å². The van der Waals surface area contributed by atoms with Crippen molar-refractivity contribution in [3.8, 4) is 11.3 Å². The summed E-state index contributed by atoms with van der Waals surface area (Å²) in [4.78, 5) is 10.2. The second-order valence-electron chi connectivity index (χ2n) is 4.19. The van der Waals surface area contributed by atoms with Gasteiger partial charge in [-0.1, -0.05) is 0 Å². The smallest absolute Gasteiger partial charge is 0.178 e. The van der Waals surface area contributed by atoms with E-state index in [1.807, 2.05) is 44.1 Å². The van der Waals surface area contributed by atoms with Gasteiger partial charge in [-0.25, -0.2) is 4.99 Å². The topological polar surface area (TPSA) is 54.3 Å². The lowest BCUT2D eigenvalue weighted by Crippen LogP contribution is -2.07. The molecule has 0 atom stereocenters. The molecule has 0 unspecified atom stereocenters. The molecular weight excluding hydrogens is 226 g/mol. The molecule has 18 heavy (non-hydrogen) atoms. The van der Waals surface area contributed by atoms with Crippen LogP contribution < -0.4 is 0 Å². The van der Waals surface area contributed by atoms with Crippen molar-refractivity contribution in [2.24, 2.45) is 4.99 Å². The Morgan fingerprint density at radius 3 is 2.72 bits per heavy atom. The van der Waals surface area contributed by atoms with Crippen LogP contribution in [0.25, 0.3) is 11.3 Å². The first-order valence-corrected chi connectivity index (χ1v) is 5.62. The van der Waals surface area contributed by atoms with E-state index in [1.165, 1.54) is 0 Å². The fourth-order valence-corrected chi connectivity index (χ4v) is 1.43. The highest BCUT2D eigenvalue weighted by Crippen LogP contribution is 2.20. The van der Waals surface area contributed by atoms with E-state index in [4.69, 9.17) is 0 Å². The summed E-state index contributed by atoms with van der Waals surface area (Å²) in [6.07, 6.45) is 5.21. The Labute approximate surface area is 106 Å². The molecule has 5 nitrogen and oxygen atoms in total. The quantitative estimate of drug-likeness (QED) is 0.609. The first kappa shape index (κ1) is 12.2. The second-order valence-corrected chi connectivity index (χ2v) is 4.19. The van der Waals surface area contributed by atoms with Gasteiger partial charge in [0, 0.05) is 32.1 Å². The molecule has 0 N–H and O–H groups in total. The Morgan fingerprint density at radius 2 is 2.11 bits per heavy atom. The van der Waals surface area contributed by atoms with Crippen molar-refractivity contribution in [1.82, 2.24) is 20.1 Å². The zero-order valence-corrected chi connectivity index (χ0v) is 10.7. The normalized spacial score (nSPS) is 10.8.